The minimum Gasteiger partial charge on any atom is -0.484 e. The molecule has 0 amide bonds. The first-order chi connectivity index (χ1) is 13.2. The molecule has 4 rings (SSSR count). The van der Waals surface area contributed by atoms with E-state index in [9.17, 15) is 9.59 Å². The summed E-state index contributed by atoms with van der Waals surface area (Å²) in [6.07, 6.45) is 0.0172. The van der Waals surface area contributed by atoms with Gasteiger partial charge in [0.25, 0.3) is 0 Å². The molecule has 4 heteroatoms. The van der Waals surface area contributed by atoms with E-state index in [0.29, 0.717) is 23.3 Å². The fourth-order valence-corrected chi connectivity index (χ4v) is 3.33. The topological polar surface area (TPSA) is 52.6 Å². The Kier molecular flexibility index (Phi) is 4.47. The van der Waals surface area contributed by atoms with Crippen LogP contribution in [-0.4, -0.2) is 18.9 Å². The molecule has 0 fully saturated rings. The SMILES string of the molecule is COC(=O)c1ccc(-c2cccc3c2OC(c2ccccc2)CC3=O)cc1. The predicted octanol–water partition coefficient (Wildman–Crippen LogP) is 4.85. The number of ketones is 1. The van der Waals surface area contributed by atoms with Crippen molar-refractivity contribution in [3.63, 3.8) is 0 Å². The maximum atomic E-state index is 12.7. The molecule has 4 nitrogen and oxygen atoms in total. The van der Waals surface area contributed by atoms with E-state index >= 15 is 0 Å². The van der Waals surface area contributed by atoms with Gasteiger partial charge in [0.05, 0.1) is 24.7 Å². The molecular formula is C23H18O4. The van der Waals surface area contributed by atoms with Crippen LogP contribution in [0.1, 0.15) is 38.8 Å². The van der Waals surface area contributed by atoms with E-state index in [1.807, 2.05) is 54.6 Å². The summed E-state index contributed by atoms with van der Waals surface area (Å²) in [6.45, 7) is 0. The number of methoxy groups -OCH3 is 1. The van der Waals surface area contributed by atoms with Crippen LogP contribution in [0.15, 0.2) is 72.8 Å². The van der Waals surface area contributed by atoms with E-state index in [0.717, 1.165) is 16.7 Å². The number of hydrogen-bond donors (Lipinski definition) is 0. The molecule has 3 aromatic rings. The summed E-state index contributed by atoms with van der Waals surface area (Å²) in [5.41, 5.74) is 3.76. The Morgan fingerprint density at radius 2 is 1.63 bits per heavy atom. The molecule has 1 unspecified atom stereocenters. The highest BCUT2D eigenvalue weighted by Gasteiger charge is 2.29. The summed E-state index contributed by atoms with van der Waals surface area (Å²) in [6, 6.07) is 22.4. The van der Waals surface area contributed by atoms with Gasteiger partial charge in [0.15, 0.2) is 5.78 Å². The normalized spacial score (nSPS) is 15.6. The van der Waals surface area contributed by atoms with Gasteiger partial charge in [0.2, 0.25) is 0 Å². The number of rotatable bonds is 3. The Morgan fingerprint density at radius 1 is 0.926 bits per heavy atom. The number of para-hydroxylation sites is 1. The second-order valence-electron chi connectivity index (χ2n) is 6.40. The third-order valence-electron chi connectivity index (χ3n) is 4.73. The van der Waals surface area contributed by atoms with Crippen LogP contribution in [0.25, 0.3) is 11.1 Å². The minimum atomic E-state index is -0.382. The fourth-order valence-electron chi connectivity index (χ4n) is 3.33. The van der Waals surface area contributed by atoms with Crippen molar-refractivity contribution in [1.29, 1.82) is 0 Å². The lowest BCUT2D eigenvalue weighted by Crippen LogP contribution is -2.20. The summed E-state index contributed by atoms with van der Waals surface area (Å²) in [5, 5.41) is 0. The number of benzene rings is 3. The molecule has 0 saturated heterocycles. The standard InChI is InChI=1S/C23H18O4/c1-26-23(25)17-12-10-15(11-13-17)18-8-5-9-19-20(24)14-21(27-22(18)19)16-6-3-2-4-7-16/h2-13,21H,14H2,1H3. The molecule has 0 spiro atoms. The maximum Gasteiger partial charge on any atom is 0.337 e. The smallest absolute Gasteiger partial charge is 0.337 e. The Morgan fingerprint density at radius 3 is 2.33 bits per heavy atom. The van der Waals surface area contributed by atoms with Gasteiger partial charge in [0.1, 0.15) is 11.9 Å². The summed E-state index contributed by atoms with van der Waals surface area (Å²) in [7, 11) is 1.35. The average molecular weight is 358 g/mol. The highest BCUT2D eigenvalue weighted by Crippen LogP contribution is 2.41. The first-order valence-corrected chi connectivity index (χ1v) is 8.74. The van der Waals surface area contributed by atoms with Gasteiger partial charge in [-0.15, -0.1) is 0 Å². The Bertz CT molecular complexity index is 991. The van der Waals surface area contributed by atoms with Gasteiger partial charge >= 0.3 is 5.97 Å². The Balaban J connectivity index is 1.74. The van der Waals surface area contributed by atoms with E-state index < -0.39 is 0 Å². The predicted molar refractivity (Wildman–Crippen MR) is 102 cm³/mol. The van der Waals surface area contributed by atoms with Gasteiger partial charge in [-0.25, -0.2) is 4.79 Å². The van der Waals surface area contributed by atoms with Crippen LogP contribution in [0.4, 0.5) is 0 Å². The zero-order chi connectivity index (χ0) is 18.8. The molecule has 27 heavy (non-hydrogen) atoms. The third-order valence-corrected chi connectivity index (χ3v) is 4.73. The largest absolute Gasteiger partial charge is 0.484 e. The molecule has 134 valence electrons. The van der Waals surface area contributed by atoms with Crippen LogP contribution >= 0.6 is 0 Å². The summed E-state index contributed by atoms with van der Waals surface area (Å²) < 4.78 is 11.0. The van der Waals surface area contributed by atoms with Gasteiger partial charge in [0, 0.05) is 5.56 Å². The number of Topliss-reactive ketones (excluding diaryl/α,β-unsaturated/α-hetero) is 1. The lowest BCUT2D eigenvalue weighted by molar-refractivity contribution is 0.0600. The molecule has 1 aliphatic rings. The van der Waals surface area contributed by atoms with Crippen molar-refractivity contribution in [1.82, 2.24) is 0 Å². The first kappa shape index (κ1) is 17.0. The second-order valence-corrected chi connectivity index (χ2v) is 6.40. The fraction of sp³-hybridized carbons (Fsp3) is 0.130. The van der Waals surface area contributed by atoms with Crippen molar-refractivity contribution >= 4 is 11.8 Å². The monoisotopic (exact) mass is 358 g/mol. The first-order valence-electron chi connectivity index (χ1n) is 8.74. The van der Waals surface area contributed by atoms with E-state index in [4.69, 9.17) is 9.47 Å². The lowest BCUT2D eigenvalue weighted by Gasteiger charge is -2.27. The number of esters is 1. The summed E-state index contributed by atoms with van der Waals surface area (Å²) in [4.78, 5) is 24.3. The van der Waals surface area contributed by atoms with Crippen LogP contribution in [0.5, 0.6) is 5.75 Å². The van der Waals surface area contributed by atoms with Crippen molar-refractivity contribution in [2.45, 2.75) is 12.5 Å². The maximum absolute atomic E-state index is 12.7. The van der Waals surface area contributed by atoms with Crippen molar-refractivity contribution in [3.8, 4) is 16.9 Å². The highest BCUT2D eigenvalue weighted by atomic mass is 16.5. The molecule has 1 atom stereocenters. The molecule has 0 bridgehead atoms. The number of carbonyl (C=O) groups excluding carboxylic acids is 2. The minimum absolute atomic E-state index is 0.0677. The second kappa shape index (κ2) is 7.08. The van der Waals surface area contributed by atoms with E-state index in [1.165, 1.54) is 7.11 Å². The molecule has 0 radical (unpaired) electrons. The summed E-state index contributed by atoms with van der Waals surface area (Å²) >= 11 is 0. The van der Waals surface area contributed by atoms with Crippen LogP contribution in [0.2, 0.25) is 0 Å². The Hall–Kier alpha value is -3.40. The van der Waals surface area contributed by atoms with Crippen LogP contribution in [-0.2, 0) is 4.74 Å². The van der Waals surface area contributed by atoms with Gasteiger partial charge in [-0.1, -0.05) is 54.6 Å². The molecule has 3 aromatic carbocycles. The third kappa shape index (κ3) is 3.22. The average Bonchev–Trinajstić information content (AvgIpc) is 2.73. The van der Waals surface area contributed by atoms with Crippen molar-refractivity contribution < 1.29 is 19.1 Å². The molecule has 0 N–H and O–H groups in total. The molecule has 0 aliphatic carbocycles. The van der Waals surface area contributed by atoms with Crippen LogP contribution in [0.3, 0.4) is 0 Å². The highest BCUT2D eigenvalue weighted by molar-refractivity contribution is 6.02. The molecule has 0 saturated carbocycles. The number of carbonyl (C=O) groups is 2. The van der Waals surface area contributed by atoms with Crippen LogP contribution < -0.4 is 4.74 Å². The van der Waals surface area contributed by atoms with Gasteiger partial charge in [-0.05, 0) is 29.3 Å². The molecular weight excluding hydrogens is 340 g/mol. The number of fused-ring (bicyclic) bond motifs is 1. The van der Waals surface area contributed by atoms with Gasteiger partial charge < -0.3 is 9.47 Å². The zero-order valence-corrected chi connectivity index (χ0v) is 14.8. The van der Waals surface area contributed by atoms with E-state index in [2.05, 4.69) is 0 Å². The Labute approximate surface area is 157 Å². The number of hydrogen-bond acceptors (Lipinski definition) is 4. The van der Waals surface area contributed by atoms with Gasteiger partial charge in [-0.3, -0.25) is 4.79 Å². The molecule has 0 aromatic heterocycles. The molecule has 1 heterocycles. The van der Waals surface area contributed by atoms with Crippen molar-refractivity contribution in [3.05, 3.63) is 89.5 Å². The van der Waals surface area contributed by atoms with E-state index in [1.54, 1.807) is 18.2 Å². The molecule has 1 aliphatic heterocycles. The summed E-state index contributed by atoms with van der Waals surface area (Å²) in [5.74, 6) is 0.277. The van der Waals surface area contributed by atoms with Crippen LogP contribution in [0, 0.1) is 0 Å². The van der Waals surface area contributed by atoms with Gasteiger partial charge in [-0.2, -0.15) is 0 Å². The number of ether oxygens (including phenoxy) is 2. The lowest BCUT2D eigenvalue weighted by atomic mass is 9.92. The van der Waals surface area contributed by atoms with Crippen molar-refractivity contribution in [2.24, 2.45) is 0 Å². The quantitative estimate of drug-likeness (QED) is 0.628. The van der Waals surface area contributed by atoms with Crippen molar-refractivity contribution in [2.75, 3.05) is 7.11 Å². The zero-order valence-electron chi connectivity index (χ0n) is 14.8. The van der Waals surface area contributed by atoms with E-state index in [-0.39, 0.29) is 17.9 Å².